The highest BCUT2D eigenvalue weighted by atomic mass is 32.2. The summed E-state index contributed by atoms with van der Waals surface area (Å²) in [7, 11) is -1.70. The van der Waals surface area contributed by atoms with E-state index in [1.54, 1.807) is 23.6 Å². The number of aromatic nitrogens is 1. The maximum Gasteiger partial charge on any atom is 0.244 e. The minimum absolute atomic E-state index is 0.149. The van der Waals surface area contributed by atoms with Crippen LogP contribution in [0.5, 0.6) is 0 Å². The Kier molecular flexibility index (Phi) is 4.88. The predicted octanol–water partition coefficient (Wildman–Crippen LogP) is 1.92. The average molecular weight is 299 g/mol. The zero-order valence-electron chi connectivity index (χ0n) is 12.4. The lowest BCUT2D eigenvalue weighted by Crippen LogP contribution is -2.35. The normalized spacial score (nSPS) is 17.2. The first-order valence-corrected chi connectivity index (χ1v) is 8.81. The number of nitrogens with two attached hydrogens (primary N) is 1. The summed E-state index contributed by atoms with van der Waals surface area (Å²) in [6.07, 6.45) is 6.86. The molecule has 114 valence electrons. The molecule has 1 saturated carbocycles. The molecule has 1 aromatic rings. The van der Waals surface area contributed by atoms with Crippen molar-refractivity contribution in [2.75, 3.05) is 7.05 Å². The maximum atomic E-state index is 12.7. The van der Waals surface area contributed by atoms with Gasteiger partial charge in [0.2, 0.25) is 10.0 Å². The number of sulfonamides is 1. The molecular weight excluding hydrogens is 274 g/mol. The van der Waals surface area contributed by atoms with E-state index in [1.807, 2.05) is 4.57 Å². The van der Waals surface area contributed by atoms with Gasteiger partial charge in [-0.05, 0) is 25.3 Å². The molecule has 0 bridgehead atoms. The monoisotopic (exact) mass is 299 g/mol. The fraction of sp³-hybridized carbons (Fsp3) is 0.714. The Hall–Kier alpha value is -0.850. The third-order valence-electron chi connectivity index (χ3n) is 4.15. The molecule has 1 aliphatic carbocycles. The van der Waals surface area contributed by atoms with Crippen molar-refractivity contribution in [2.24, 2.45) is 5.73 Å². The molecule has 2 rings (SSSR count). The molecule has 0 amide bonds. The molecule has 1 fully saturated rings. The van der Waals surface area contributed by atoms with Gasteiger partial charge in [0.05, 0.1) is 0 Å². The van der Waals surface area contributed by atoms with Gasteiger partial charge in [-0.1, -0.05) is 19.8 Å². The molecule has 0 unspecified atom stereocenters. The van der Waals surface area contributed by atoms with Crippen molar-refractivity contribution in [1.29, 1.82) is 0 Å². The molecule has 0 aliphatic heterocycles. The van der Waals surface area contributed by atoms with Gasteiger partial charge in [0.25, 0.3) is 0 Å². The van der Waals surface area contributed by atoms with Crippen LogP contribution in [0.15, 0.2) is 17.2 Å². The third kappa shape index (κ3) is 2.92. The SMILES string of the molecule is CCCn1cc(S(=O)(=O)N(C)C2CCCC2)cc1CN. The van der Waals surface area contributed by atoms with Crippen LogP contribution in [0.1, 0.15) is 44.7 Å². The summed E-state index contributed by atoms with van der Waals surface area (Å²) in [5, 5.41) is 0. The highest BCUT2D eigenvalue weighted by Crippen LogP contribution is 2.28. The second kappa shape index (κ2) is 6.28. The zero-order valence-corrected chi connectivity index (χ0v) is 13.2. The first-order chi connectivity index (χ1) is 9.50. The van der Waals surface area contributed by atoms with Gasteiger partial charge in [-0.2, -0.15) is 4.31 Å². The first kappa shape index (κ1) is 15.5. The summed E-state index contributed by atoms with van der Waals surface area (Å²) < 4.78 is 28.9. The minimum Gasteiger partial charge on any atom is -0.349 e. The van der Waals surface area contributed by atoms with Gasteiger partial charge in [-0.25, -0.2) is 8.42 Å². The van der Waals surface area contributed by atoms with Crippen molar-refractivity contribution in [2.45, 2.75) is 63.1 Å². The molecular formula is C14H25N3O2S. The highest BCUT2D eigenvalue weighted by Gasteiger charge is 2.31. The van der Waals surface area contributed by atoms with Crippen LogP contribution in [0.25, 0.3) is 0 Å². The summed E-state index contributed by atoms with van der Waals surface area (Å²) in [5.74, 6) is 0. The quantitative estimate of drug-likeness (QED) is 0.872. The average Bonchev–Trinajstić information content (AvgIpc) is 3.07. The van der Waals surface area contributed by atoms with Crippen molar-refractivity contribution in [3.8, 4) is 0 Å². The second-order valence-electron chi connectivity index (χ2n) is 5.52. The van der Waals surface area contributed by atoms with Crippen molar-refractivity contribution in [1.82, 2.24) is 8.87 Å². The number of hydrogen-bond donors (Lipinski definition) is 1. The van der Waals surface area contributed by atoms with E-state index in [0.717, 1.165) is 44.3 Å². The van der Waals surface area contributed by atoms with E-state index in [4.69, 9.17) is 5.73 Å². The largest absolute Gasteiger partial charge is 0.349 e. The smallest absolute Gasteiger partial charge is 0.244 e. The molecule has 0 saturated heterocycles. The molecule has 1 aromatic heterocycles. The summed E-state index contributed by atoms with van der Waals surface area (Å²) in [6.45, 7) is 3.23. The lowest BCUT2D eigenvalue weighted by molar-refractivity contribution is 0.373. The van der Waals surface area contributed by atoms with Crippen molar-refractivity contribution >= 4 is 10.0 Å². The molecule has 2 N–H and O–H groups in total. The fourth-order valence-electron chi connectivity index (χ4n) is 2.92. The second-order valence-corrected chi connectivity index (χ2v) is 7.52. The molecule has 0 radical (unpaired) electrons. The van der Waals surface area contributed by atoms with Crippen molar-refractivity contribution in [3.05, 3.63) is 18.0 Å². The van der Waals surface area contributed by atoms with Crippen LogP contribution in [0.3, 0.4) is 0 Å². The first-order valence-electron chi connectivity index (χ1n) is 7.37. The number of aryl methyl sites for hydroxylation is 1. The van der Waals surface area contributed by atoms with E-state index in [2.05, 4.69) is 6.92 Å². The molecule has 5 nitrogen and oxygen atoms in total. The van der Waals surface area contributed by atoms with E-state index in [1.165, 1.54) is 0 Å². The van der Waals surface area contributed by atoms with Crippen LogP contribution in [-0.4, -0.2) is 30.4 Å². The predicted molar refractivity (Wildman–Crippen MR) is 79.8 cm³/mol. The van der Waals surface area contributed by atoms with Gasteiger partial charge in [-0.15, -0.1) is 0 Å². The van der Waals surface area contributed by atoms with Crippen LogP contribution in [-0.2, 0) is 23.1 Å². The lowest BCUT2D eigenvalue weighted by Gasteiger charge is -2.22. The minimum atomic E-state index is -3.40. The van der Waals surface area contributed by atoms with Gasteiger partial charge in [-0.3, -0.25) is 0 Å². The Morgan fingerprint density at radius 1 is 1.40 bits per heavy atom. The molecule has 1 aliphatic rings. The summed E-state index contributed by atoms with van der Waals surface area (Å²) in [6, 6.07) is 1.87. The van der Waals surface area contributed by atoms with E-state index < -0.39 is 10.0 Å². The highest BCUT2D eigenvalue weighted by molar-refractivity contribution is 7.89. The van der Waals surface area contributed by atoms with Crippen LogP contribution < -0.4 is 5.73 Å². The van der Waals surface area contributed by atoms with Gasteiger partial charge >= 0.3 is 0 Å². The van der Waals surface area contributed by atoms with Gasteiger partial charge in [0.15, 0.2) is 0 Å². The molecule has 0 spiro atoms. The van der Waals surface area contributed by atoms with E-state index in [-0.39, 0.29) is 6.04 Å². The Morgan fingerprint density at radius 3 is 2.60 bits per heavy atom. The standard InChI is InChI=1S/C14H25N3O2S/c1-3-8-17-11-14(9-13(17)10-15)20(18,19)16(2)12-6-4-5-7-12/h9,11-12H,3-8,10,15H2,1-2H3. The molecule has 0 atom stereocenters. The van der Waals surface area contributed by atoms with Gasteiger partial charge in [0, 0.05) is 38.1 Å². The van der Waals surface area contributed by atoms with Crippen LogP contribution in [0.2, 0.25) is 0 Å². The van der Waals surface area contributed by atoms with Crippen LogP contribution in [0, 0.1) is 0 Å². The lowest BCUT2D eigenvalue weighted by atomic mass is 10.3. The van der Waals surface area contributed by atoms with Gasteiger partial charge < -0.3 is 10.3 Å². The van der Waals surface area contributed by atoms with Crippen LogP contribution >= 0.6 is 0 Å². The van der Waals surface area contributed by atoms with Crippen molar-refractivity contribution in [3.63, 3.8) is 0 Å². The molecule has 1 heterocycles. The summed E-state index contributed by atoms with van der Waals surface area (Å²) >= 11 is 0. The maximum absolute atomic E-state index is 12.7. The Labute approximate surface area is 121 Å². The molecule has 20 heavy (non-hydrogen) atoms. The molecule has 6 heteroatoms. The molecule has 0 aromatic carbocycles. The topological polar surface area (TPSA) is 68.3 Å². The number of rotatable bonds is 6. The summed E-state index contributed by atoms with van der Waals surface area (Å²) in [5.41, 5.74) is 6.59. The fourth-order valence-corrected chi connectivity index (χ4v) is 4.40. The summed E-state index contributed by atoms with van der Waals surface area (Å²) in [4.78, 5) is 0.376. The third-order valence-corrected chi connectivity index (χ3v) is 6.03. The van der Waals surface area contributed by atoms with Gasteiger partial charge in [0.1, 0.15) is 4.90 Å². The Bertz CT molecular complexity index is 545. The number of nitrogens with zero attached hydrogens (tertiary/aromatic N) is 2. The van der Waals surface area contributed by atoms with Crippen LogP contribution in [0.4, 0.5) is 0 Å². The number of hydrogen-bond acceptors (Lipinski definition) is 3. The van der Waals surface area contributed by atoms with Crippen molar-refractivity contribution < 1.29 is 8.42 Å². The Morgan fingerprint density at radius 2 is 2.05 bits per heavy atom. The van der Waals surface area contributed by atoms with E-state index in [9.17, 15) is 8.42 Å². The van der Waals surface area contributed by atoms with E-state index >= 15 is 0 Å². The Balaban J connectivity index is 2.28. The zero-order chi connectivity index (χ0) is 14.8. The van der Waals surface area contributed by atoms with E-state index in [0.29, 0.717) is 11.4 Å².